The second-order valence-corrected chi connectivity index (χ2v) is 9.50. The summed E-state index contributed by atoms with van der Waals surface area (Å²) < 4.78 is 0. The summed E-state index contributed by atoms with van der Waals surface area (Å²) in [6.07, 6.45) is 9.02. The molecule has 1 nitrogen and oxygen atoms in total. The average molecular weight is 311 g/mol. The fourth-order valence-corrected chi connectivity index (χ4v) is 4.07. The lowest BCUT2D eigenvalue weighted by Gasteiger charge is -2.38. The molecule has 1 aliphatic carbocycles. The number of rotatable bonds is 9. The van der Waals surface area contributed by atoms with E-state index in [2.05, 4.69) is 48.5 Å². The van der Waals surface area contributed by atoms with Crippen molar-refractivity contribution in [2.75, 3.05) is 6.61 Å². The summed E-state index contributed by atoms with van der Waals surface area (Å²) in [5.74, 6) is 3.06. The van der Waals surface area contributed by atoms with Crippen molar-refractivity contribution in [1.82, 2.24) is 0 Å². The second kappa shape index (κ2) is 8.18. The predicted octanol–water partition coefficient (Wildman–Crippen LogP) is 6.30. The molecule has 1 unspecified atom stereocenters. The molecule has 0 radical (unpaired) electrons. The van der Waals surface area contributed by atoms with Crippen LogP contribution in [0.4, 0.5) is 0 Å². The normalized spacial score (nSPS) is 29.0. The molecule has 0 amide bonds. The third-order valence-corrected chi connectivity index (χ3v) is 7.46. The van der Waals surface area contributed by atoms with Crippen LogP contribution in [0.25, 0.3) is 0 Å². The molecular weight excluding hydrogens is 268 g/mol. The summed E-state index contributed by atoms with van der Waals surface area (Å²) in [6.45, 7) is 17.2. The van der Waals surface area contributed by atoms with Crippen LogP contribution in [0.3, 0.4) is 0 Å². The van der Waals surface area contributed by atoms with Gasteiger partial charge in [0.15, 0.2) is 0 Å². The third kappa shape index (κ3) is 4.98. The number of aliphatic hydroxyl groups excluding tert-OH is 1. The molecular formula is C21H42O. The molecule has 0 aromatic heterocycles. The first-order valence-corrected chi connectivity index (χ1v) is 9.75. The first kappa shape index (κ1) is 20.0. The van der Waals surface area contributed by atoms with Crippen LogP contribution in [-0.4, -0.2) is 11.7 Å². The molecule has 22 heavy (non-hydrogen) atoms. The minimum Gasteiger partial charge on any atom is -0.396 e. The minimum atomic E-state index is 0.232. The van der Waals surface area contributed by atoms with Gasteiger partial charge in [0.25, 0.3) is 0 Å². The SMILES string of the molecule is CC(C)[C@@H](C)CCC(C)(C)[C@H](C)CC[C@@]1(CO)CCCC1C. The summed E-state index contributed by atoms with van der Waals surface area (Å²) in [4.78, 5) is 0. The van der Waals surface area contributed by atoms with Crippen LogP contribution in [0, 0.1) is 34.5 Å². The molecule has 0 saturated heterocycles. The molecule has 0 spiro atoms. The lowest BCUT2D eigenvalue weighted by molar-refractivity contribution is 0.0631. The first-order chi connectivity index (χ1) is 10.1. The van der Waals surface area contributed by atoms with Crippen molar-refractivity contribution < 1.29 is 5.11 Å². The van der Waals surface area contributed by atoms with Crippen LogP contribution in [-0.2, 0) is 0 Å². The first-order valence-electron chi connectivity index (χ1n) is 9.75. The Morgan fingerprint density at radius 1 is 1.14 bits per heavy atom. The van der Waals surface area contributed by atoms with Gasteiger partial charge in [-0.1, -0.05) is 61.3 Å². The quantitative estimate of drug-likeness (QED) is 0.530. The number of hydrogen-bond donors (Lipinski definition) is 1. The van der Waals surface area contributed by atoms with Gasteiger partial charge in [0.05, 0.1) is 0 Å². The molecule has 0 aromatic carbocycles. The minimum absolute atomic E-state index is 0.232. The molecule has 0 heterocycles. The average Bonchev–Trinajstić information content (AvgIpc) is 2.83. The van der Waals surface area contributed by atoms with Crippen molar-refractivity contribution in [2.24, 2.45) is 34.5 Å². The van der Waals surface area contributed by atoms with E-state index < -0.39 is 0 Å². The molecule has 1 rings (SSSR count). The highest BCUT2D eigenvalue weighted by molar-refractivity contribution is 4.90. The van der Waals surface area contributed by atoms with Gasteiger partial charge < -0.3 is 5.11 Å². The summed E-state index contributed by atoms with van der Waals surface area (Å²) in [6, 6.07) is 0. The molecule has 1 fully saturated rings. The maximum absolute atomic E-state index is 9.94. The zero-order valence-electron chi connectivity index (χ0n) is 16.4. The fraction of sp³-hybridized carbons (Fsp3) is 1.00. The van der Waals surface area contributed by atoms with Gasteiger partial charge in [-0.2, -0.15) is 0 Å². The Morgan fingerprint density at radius 3 is 2.23 bits per heavy atom. The highest BCUT2D eigenvalue weighted by atomic mass is 16.3. The highest BCUT2D eigenvalue weighted by Crippen LogP contribution is 2.48. The zero-order valence-corrected chi connectivity index (χ0v) is 16.4. The van der Waals surface area contributed by atoms with Gasteiger partial charge in [-0.25, -0.2) is 0 Å². The third-order valence-electron chi connectivity index (χ3n) is 7.46. The Morgan fingerprint density at radius 2 is 1.77 bits per heavy atom. The Hall–Kier alpha value is -0.0400. The van der Waals surface area contributed by atoms with Crippen molar-refractivity contribution in [3.05, 3.63) is 0 Å². The Labute approximate surface area is 140 Å². The van der Waals surface area contributed by atoms with Crippen LogP contribution < -0.4 is 0 Å². The molecule has 132 valence electrons. The standard InChI is InChI=1S/C21H42O/c1-16(2)17(3)10-13-20(6,7)18(4)11-14-21(15-22)12-8-9-19(21)5/h16-19,22H,8-15H2,1-7H3/t17-,18+,19?,21+/m0/s1. The Bertz CT molecular complexity index is 320. The van der Waals surface area contributed by atoms with Gasteiger partial charge in [0.2, 0.25) is 0 Å². The van der Waals surface area contributed by atoms with Gasteiger partial charge in [-0.05, 0) is 66.6 Å². The van der Waals surface area contributed by atoms with E-state index in [1.54, 1.807) is 0 Å². The zero-order chi connectivity index (χ0) is 17.0. The molecule has 0 aliphatic heterocycles. The van der Waals surface area contributed by atoms with E-state index in [0.717, 1.165) is 17.8 Å². The van der Waals surface area contributed by atoms with E-state index >= 15 is 0 Å². The van der Waals surface area contributed by atoms with E-state index in [0.29, 0.717) is 17.9 Å². The van der Waals surface area contributed by atoms with E-state index in [-0.39, 0.29) is 5.41 Å². The van der Waals surface area contributed by atoms with Crippen molar-refractivity contribution in [3.63, 3.8) is 0 Å². The number of aliphatic hydroxyl groups is 1. The number of hydrogen-bond acceptors (Lipinski definition) is 1. The van der Waals surface area contributed by atoms with Crippen molar-refractivity contribution in [1.29, 1.82) is 0 Å². The molecule has 1 heteroatoms. The van der Waals surface area contributed by atoms with Crippen LogP contribution in [0.1, 0.15) is 93.4 Å². The van der Waals surface area contributed by atoms with E-state index in [1.807, 2.05) is 0 Å². The van der Waals surface area contributed by atoms with Gasteiger partial charge >= 0.3 is 0 Å². The molecule has 1 saturated carbocycles. The maximum atomic E-state index is 9.94. The maximum Gasteiger partial charge on any atom is 0.0489 e. The van der Waals surface area contributed by atoms with Crippen molar-refractivity contribution in [3.8, 4) is 0 Å². The lowest BCUT2D eigenvalue weighted by atomic mass is 9.68. The second-order valence-electron chi connectivity index (χ2n) is 9.50. The predicted molar refractivity (Wildman–Crippen MR) is 97.9 cm³/mol. The Balaban J connectivity index is 2.50. The van der Waals surface area contributed by atoms with Crippen LogP contribution >= 0.6 is 0 Å². The van der Waals surface area contributed by atoms with Gasteiger partial charge in [0.1, 0.15) is 0 Å². The lowest BCUT2D eigenvalue weighted by Crippen LogP contribution is -2.31. The van der Waals surface area contributed by atoms with E-state index in [9.17, 15) is 5.11 Å². The highest BCUT2D eigenvalue weighted by Gasteiger charge is 2.40. The summed E-state index contributed by atoms with van der Waals surface area (Å²) in [5.41, 5.74) is 0.650. The molecule has 0 aromatic rings. The Kier molecular flexibility index (Phi) is 7.43. The molecule has 1 N–H and O–H groups in total. The summed E-state index contributed by atoms with van der Waals surface area (Å²) in [7, 11) is 0. The molecule has 0 bridgehead atoms. The van der Waals surface area contributed by atoms with Crippen LogP contribution in [0.2, 0.25) is 0 Å². The monoisotopic (exact) mass is 310 g/mol. The van der Waals surface area contributed by atoms with Gasteiger partial charge in [0, 0.05) is 6.61 Å². The van der Waals surface area contributed by atoms with Crippen LogP contribution in [0.5, 0.6) is 0 Å². The van der Waals surface area contributed by atoms with Crippen LogP contribution in [0.15, 0.2) is 0 Å². The molecule has 1 aliphatic rings. The van der Waals surface area contributed by atoms with Crippen molar-refractivity contribution >= 4 is 0 Å². The van der Waals surface area contributed by atoms with Crippen molar-refractivity contribution in [2.45, 2.75) is 93.4 Å². The van der Waals surface area contributed by atoms with E-state index in [1.165, 1.54) is 44.9 Å². The van der Waals surface area contributed by atoms with Gasteiger partial charge in [-0.3, -0.25) is 0 Å². The van der Waals surface area contributed by atoms with Gasteiger partial charge in [-0.15, -0.1) is 0 Å². The summed E-state index contributed by atoms with van der Waals surface area (Å²) >= 11 is 0. The fourth-order valence-electron chi connectivity index (χ4n) is 4.07. The topological polar surface area (TPSA) is 20.2 Å². The summed E-state index contributed by atoms with van der Waals surface area (Å²) in [5, 5.41) is 9.94. The smallest absolute Gasteiger partial charge is 0.0489 e. The largest absolute Gasteiger partial charge is 0.396 e. The molecule has 4 atom stereocenters. The van der Waals surface area contributed by atoms with E-state index in [4.69, 9.17) is 0 Å².